The van der Waals surface area contributed by atoms with E-state index in [9.17, 15) is 4.39 Å². The molecule has 2 rings (SSSR count). The number of nitrogens with zero attached hydrogens (tertiary/aromatic N) is 2. The van der Waals surface area contributed by atoms with Crippen LogP contribution in [0.5, 0.6) is 0 Å². The Morgan fingerprint density at radius 3 is 2.72 bits per heavy atom. The number of nitrogens with two attached hydrogens (primary N) is 1. The van der Waals surface area contributed by atoms with Crippen LogP contribution in [-0.2, 0) is 13.1 Å². The first-order valence-corrected chi connectivity index (χ1v) is 5.81. The van der Waals surface area contributed by atoms with E-state index in [-0.39, 0.29) is 5.82 Å². The Kier molecular flexibility index (Phi) is 3.89. The smallest absolute Gasteiger partial charge is 0.146 e. The van der Waals surface area contributed by atoms with Gasteiger partial charge in [0.25, 0.3) is 0 Å². The number of hydrogen-bond acceptors (Lipinski definition) is 3. The van der Waals surface area contributed by atoms with Crippen LogP contribution in [0, 0.1) is 5.82 Å². The average molecular weight is 245 g/mol. The lowest BCUT2D eigenvalue weighted by Crippen LogP contribution is -2.21. The minimum atomic E-state index is -0.253. The molecule has 0 fully saturated rings. The number of para-hydroxylation sites is 1. The maximum absolute atomic E-state index is 13.9. The van der Waals surface area contributed by atoms with Gasteiger partial charge in [0.15, 0.2) is 0 Å². The van der Waals surface area contributed by atoms with E-state index < -0.39 is 0 Å². The van der Waals surface area contributed by atoms with E-state index in [1.165, 1.54) is 6.07 Å². The molecule has 0 saturated heterocycles. The molecule has 94 valence electrons. The Bertz CT molecular complexity index is 514. The van der Waals surface area contributed by atoms with Gasteiger partial charge in [-0.05, 0) is 23.8 Å². The summed E-state index contributed by atoms with van der Waals surface area (Å²) in [6.07, 6.45) is 1.73. The summed E-state index contributed by atoms with van der Waals surface area (Å²) in [5.41, 5.74) is 7.88. The van der Waals surface area contributed by atoms with Gasteiger partial charge < -0.3 is 10.6 Å². The Labute approximate surface area is 106 Å². The second-order valence-corrected chi connectivity index (χ2v) is 4.13. The average Bonchev–Trinajstić information content (AvgIpc) is 2.39. The van der Waals surface area contributed by atoms with E-state index in [4.69, 9.17) is 5.73 Å². The van der Waals surface area contributed by atoms with Crippen molar-refractivity contribution in [3.05, 3.63) is 59.7 Å². The standard InChI is InChI=1S/C14H16FN3/c1-18(10-12-6-2-3-8-17-12)14-11(9-16)5-4-7-13(14)15/h2-8H,9-10,16H2,1H3. The fourth-order valence-electron chi connectivity index (χ4n) is 1.97. The highest BCUT2D eigenvalue weighted by Gasteiger charge is 2.12. The van der Waals surface area contributed by atoms with Gasteiger partial charge in [0, 0.05) is 19.8 Å². The number of rotatable bonds is 4. The summed E-state index contributed by atoms with van der Waals surface area (Å²) in [5, 5.41) is 0. The molecule has 0 bridgehead atoms. The predicted octanol–water partition coefficient (Wildman–Crippen LogP) is 2.32. The monoisotopic (exact) mass is 245 g/mol. The number of aromatic nitrogens is 1. The minimum absolute atomic E-state index is 0.253. The normalized spacial score (nSPS) is 10.4. The molecular formula is C14H16FN3. The SMILES string of the molecule is CN(Cc1ccccn1)c1c(F)cccc1CN. The van der Waals surface area contributed by atoms with Crippen LogP contribution in [0.4, 0.5) is 10.1 Å². The second kappa shape index (κ2) is 5.60. The highest BCUT2D eigenvalue weighted by molar-refractivity contribution is 5.54. The Hall–Kier alpha value is -1.94. The zero-order valence-electron chi connectivity index (χ0n) is 10.3. The highest BCUT2D eigenvalue weighted by Crippen LogP contribution is 2.24. The van der Waals surface area contributed by atoms with Crippen LogP contribution in [0.15, 0.2) is 42.6 Å². The first kappa shape index (κ1) is 12.5. The summed E-state index contributed by atoms with van der Waals surface area (Å²) in [5.74, 6) is -0.253. The molecule has 0 aliphatic rings. The third kappa shape index (κ3) is 2.65. The zero-order valence-corrected chi connectivity index (χ0v) is 10.3. The summed E-state index contributed by atoms with van der Waals surface area (Å²) in [7, 11) is 1.84. The third-order valence-electron chi connectivity index (χ3n) is 2.80. The summed E-state index contributed by atoms with van der Waals surface area (Å²) in [4.78, 5) is 6.07. The van der Waals surface area contributed by atoms with E-state index in [1.807, 2.05) is 36.2 Å². The lowest BCUT2D eigenvalue weighted by molar-refractivity contribution is 0.619. The van der Waals surface area contributed by atoms with Crippen molar-refractivity contribution in [3.63, 3.8) is 0 Å². The lowest BCUT2D eigenvalue weighted by Gasteiger charge is -2.22. The topological polar surface area (TPSA) is 42.2 Å². The number of hydrogen-bond donors (Lipinski definition) is 1. The van der Waals surface area contributed by atoms with Crippen molar-refractivity contribution in [1.82, 2.24) is 4.98 Å². The molecular weight excluding hydrogens is 229 g/mol. The van der Waals surface area contributed by atoms with Crippen molar-refractivity contribution in [2.45, 2.75) is 13.1 Å². The summed E-state index contributed by atoms with van der Waals surface area (Å²) < 4.78 is 13.9. The molecule has 2 N–H and O–H groups in total. The van der Waals surface area contributed by atoms with E-state index in [0.717, 1.165) is 11.3 Å². The Morgan fingerprint density at radius 1 is 1.22 bits per heavy atom. The van der Waals surface area contributed by atoms with Crippen molar-refractivity contribution in [2.24, 2.45) is 5.73 Å². The van der Waals surface area contributed by atoms with Gasteiger partial charge in [-0.25, -0.2) is 4.39 Å². The molecule has 4 heteroatoms. The van der Waals surface area contributed by atoms with Gasteiger partial charge in [-0.15, -0.1) is 0 Å². The molecule has 0 radical (unpaired) electrons. The van der Waals surface area contributed by atoms with Gasteiger partial charge in [-0.3, -0.25) is 4.98 Å². The fourth-order valence-corrected chi connectivity index (χ4v) is 1.97. The summed E-state index contributed by atoms with van der Waals surface area (Å²) in [6.45, 7) is 0.869. The van der Waals surface area contributed by atoms with Crippen molar-refractivity contribution >= 4 is 5.69 Å². The second-order valence-electron chi connectivity index (χ2n) is 4.13. The Morgan fingerprint density at radius 2 is 2.06 bits per heavy atom. The van der Waals surface area contributed by atoms with Crippen molar-refractivity contribution < 1.29 is 4.39 Å². The first-order valence-electron chi connectivity index (χ1n) is 5.81. The fraction of sp³-hybridized carbons (Fsp3) is 0.214. The van der Waals surface area contributed by atoms with Gasteiger partial charge in [-0.2, -0.15) is 0 Å². The maximum atomic E-state index is 13.9. The van der Waals surface area contributed by atoms with E-state index >= 15 is 0 Å². The summed E-state index contributed by atoms with van der Waals surface area (Å²) >= 11 is 0. The minimum Gasteiger partial charge on any atom is -0.366 e. The Balaban J connectivity index is 2.26. The molecule has 3 nitrogen and oxygen atoms in total. The molecule has 2 aromatic rings. The van der Waals surface area contributed by atoms with Gasteiger partial charge in [0.2, 0.25) is 0 Å². The molecule has 0 aliphatic carbocycles. The lowest BCUT2D eigenvalue weighted by atomic mass is 10.1. The van der Waals surface area contributed by atoms with Crippen LogP contribution in [0.2, 0.25) is 0 Å². The van der Waals surface area contributed by atoms with Crippen LogP contribution in [-0.4, -0.2) is 12.0 Å². The van der Waals surface area contributed by atoms with Gasteiger partial charge in [-0.1, -0.05) is 18.2 Å². The molecule has 0 aliphatic heterocycles. The van der Waals surface area contributed by atoms with Crippen molar-refractivity contribution in [3.8, 4) is 0 Å². The first-order chi connectivity index (χ1) is 8.72. The summed E-state index contributed by atoms with van der Waals surface area (Å²) in [6, 6.07) is 10.7. The molecule has 1 aromatic heterocycles. The quantitative estimate of drug-likeness (QED) is 0.898. The molecule has 0 unspecified atom stereocenters. The molecule has 1 heterocycles. The number of pyridine rings is 1. The van der Waals surface area contributed by atoms with E-state index in [0.29, 0.717) is 18.8 Å². The molecule has 0 saturated carbocycles. The highest BCUT2D eigenvalue weighted by atomic mass is 19.1. The van der Waals surface area contributed by atoms with Crippen LogP contribution >= 0.6 is 0 Å². The van der Waals surface area contributed by atoms with E-state index in [2.05, 4.69) is 4.98 Å². The molecule has 0 spiro atoms. The molecule has 18 heavy (non-hydrogen) atoms. The van der Waals surface area contributed by atoms with Gasteiger partial charge in [0.1, 0.15) is 5.82 Å². The zero-order chi connectivity index (χ0) is 13.0. The van der Waals surface area contributed by atoms with E-state index in [1.54, 1.807) is 12.3 Å². The van der Waals surface area contributed by atoms with Crippen molar-refractivity contribution in [1.29, 1.82) is 0 Å². The van der Waals surface area contributed by atoms with Gasteiger partial charge in [0.05, 0.1) is 17.9 Å². The third-order valence-corrected chi connectivity index (χ3v) is 2.80. The molecule has 0 amide bonds. The molecule has 1 aromatic carbocycles. The number of anilines is 1. The number of halogens is 1. The largest absolute Gasteiger partial charge is 0.366 e. The van der Waals surface area contributed by atoms with Crippen molar-refractivity contribution in [2.75, 3.05) is 11.9 Å². The van der Waals surface area contributed by atoms with Gasteiger partial charge >= 0.3 is 0 Å². The van der Waals surface area contributed by atoms with Crippen LogP contribution in [0.25, 0.3) is 0 Å². The van der Waals surface area contributed by atoms with Crippen LogP contribution in [0.1, 0.15) is 11.3 Å². The number of benzene rings is 1. The maximum Gasteiger partial charge on any atom is 0.146 e. The predicted molar refractivity (Wildman–Crippen MR) is 70.6 cm³/mol. The van der Waals surface area contributed by atoms with Crippen LogP contribution in [0.3, 0.4) is 0 Å². The van der Waals surface area contributed by atoms with Crippen LogP contribution < -0.4 is 10.6 Å². The molecule has 0 atom stereocenters.